The van der Waals surface area contributed by atoms with E-state index in [1.54, 1.807) is 0 Å². The molecule has 1 aliphatic heterocycles. The molecule has 1 saturated heterocycles. The van der Waals surface area contributed by atoms with E-state index in [9.17, 15) is 4.79 Å². The fraction of sp³-hybridized carbons (Fsp3) is 0.938. The molecule has 4 nitrogen and oxygen atoms in total. The van der Waals surface area contributed by atoms with Crippen LogP contribution in [0.2, 0.25) is 0 Å². The minimum atomic E-state index is -0.657. The summed E-state index contributed by atoms with van der Waals surface area (Å²) in [6, 6.07) is 1.26. The molecule has 116 valence electrons. The van der Waals surface area contributed by atoms with Crippen LogP contribution in [0.1, 0.15) is 58.3 Å². The van der Waals surface area contributed by atoms with Crippen molar-refractivity contribution in [3.8, 4) is 0 Å². The van der Waals surface area contributed by atoms with Gasteiger partial charge in [0, 0.05) is 31.6 Å². The number of carboxylic acid groups (broad SMARTS) is 1. The van der Waals surface area contributed by atoms with E-state index in [1.165, 1.54) is 32.1 Å². The van der Waals surface area contributed by atoms with E-state index in [1.807, 2.05) is 0 Å². The van der Waals surface area contributed by atoms with Crippen LogP contribution in [0.15, 0.2) is 0 Å². The molecule has 4 heteroatoms. The van der Waals surface area contributed by atoms with Gasteiger partial charge in [0.15, 0.2) is 0 Å². The summed E-state index contributed by atoms with van der Waals surface area (Å²) in [6.07, 6.45) is 9.07. The smallest absolute Gasteiger partial charge is 0.303 e. The second-order valence-electron chi connectivity index (χ2n) is 6.58. The first-order chi connectivity index (χ1) is 9.67. The Morgan fingerprint density at radius 2 is 1.95 bits per heavy atom. The Labute approximate surface area is 122 Å². The van der Waals surface area contributed by atoms with Crippen LogP contribution < -0.4 is 5.32 Å². The number of rotatable bonds is 6. The van der Waals surface area contributed by atoms with Crippen molar-refractivity contribution >= 4 is 5.97 Å². The zero-order valence-corrected chi connectivity index (χ0v) is 12.8. The van der Waals surface area contributed by atoms with Crippen LogP contribution in [0.5, 0.6) is 0 Å². The van der Waals surface area contributed by atoms with E-state index < -0.39 is 5.97 Å². The molecule has 1 aliphatic carbocycles. The zero-order chi connectivity index (χ0) is 14.4. The fourth-order valence-corrected chi connectivity index (χ4v) is 3.82. The third kappa shape index (κ3) is 5.06. The van der Waals surface area contributed by atoms with E-state index >= 15 is 0 Å². The van der Waals surface area contributed by atoms with Crippen molar-refractivity contribution in [3.63, 3.8) is 0 Å². The summed E-state index contributed by atoms with van der Waals surface area (Å²) in [6.45, 7) is 5.49. The van der Waals surface area contributed by atoms with Gasteiger partial charge in [-0.05, 0) is 38.1 Å². The van der Waals surface area contributed by atoms with Crippen molar-refractivity contribution in [3.05, 3.63) is 0 Å². The summed E-state index contributed by atoms with van der Waals surface area (Å²) >= 11 is 0. The molecule has 0 radical (unpaired) electrons. The average Bonchev–Trinajstić information content (AvgIpc) is 2.46. The normalized spacial score (nSPS) is 29.4. The number of nitrogens with zero attached hydrogens (tertiary/aromatic N) is 1. The fourth-order valence-electron chi connectivity index (χ4n) is 3.82. The number of hydrogen-bond acceptors (Lipinski definition) is 3. The van der Waals surface area contributed by atoms with Crippen molar-refractivity contribution in [1.29, 1.82) is 0 Å². The predicted octanol–water partition coefficient (Wildman–Crippen LogP) is 2.48. The highest BCUT2D eigenvalue weighted by molar-refractivity contribution is 5.66. The lowest BCUT2D eigenvalue weighted by molar-refractivity contribution is -0.137. The van der Waals surface area contributed by atoms with Crippen molar-refractivity contribution in [1.82, 2.24) is 10.2 Å². The van der Waals surface area contributed by atoms with Crippen LogP contribution in [0.3, 0.4) is 0 Å². The summed E-state index contributed by atoms with van der Waals surface area (Å²) in [4.78, 5) is 13.2. The van der Waals surface area contributed by atoms with Gasteiger partial charge in [-0.15, -0.1) is 0 Å². The number of carbonyl (C=O) groups is 1. The van der Waals surface area contributed by atoms with Gasteiger partial charge in [-0.1, -0.05) is 26.2 Å². The van der Waals surface area contributed by atoms with Gasteiger partial charge >= 0.3 is 5.97 Å². The summed E-state index contributed by atoms with van der Waals surface area (Å²) in [5.74, 6) is -0.115. The van der Waals surface area contributed by atoms with Gasteiger partial charge in [0.25, 0.3) is 0 Å². The quantitative estimate of drug-likeness (QED) is 0.786. The molecule has 20 heavy (non-hydrogen) atoms. The highest BCUT2D eigenvalue weighted by atomic mass is 16.4. The summed E-state index contributed by atoms with van der Waals surface area (Å²) < 4.78 is 0. The van der Waals surface area contributed by atoms with Gasteiger partial charge in [-0.25, -0.2) is 0 Å². The lowest BCUT2D eigenvalue weighted by Gasteiger charge is -2.40. The average molecular weight is 282 g/mol. The monoisotopic (exact) mass is 282 g/mol. The zero-order valence-electron chi connectivity index (χ0n) is 12.8. The third-order valence-electron chi connectivity index (χ3n) is 4.90. The van der Waals surface area contributed by atoms with E-state index in [2.05, 4.69) is 17.1 Å². The Balaban J connectivity index is 1.82. The van der Waals surface area contributed by atoms with Crippen LogP contribution >= 0.6 is 0 Å². The number of likely N-dealkylation sites (tertiary alicyclic amines) is 1. The standard InChI is InChI=1S/C16H30N2O2/c1-2-18-11-13(8-9-16(19)20)10-15(12-18)17-14-6-4-3-5-7-14/h13-15,17H,2-12H2,1H3,(H,19,20). The topological polar surface area (TPSA) is 52.6 Å². The number of likely N-dealkylation sites (N-methyl/N-ethyl adjacent to an activating group) is 1. The Morgan fingerprint density at radius 1 is 1.20 bits per heavy atom. The third-order valence-corrected chi connectivity index (χ3v) is 4.90. The van der Waals surface area contributed by atoms with Gasteiger partial charge < -0.3 is 15.3 Å². The maximum absolute atomic E-state index is 10.8. The Hall–Kier alpha value is -0.610. The SMILES string of the molecule is CCN1CC(CCC(=O)O)CC(NC2CCCCC2)C1. The van der Waals surface area contributed by atoms with Gasteiger partial charge in [-0.3, -0.25) is 4.79 Å². The molecule has 0 amide bonds. The van der Waals surface area contributed by atoms with Crippen molar-refractivity contribution in [2.75, 3.05) is 19.6 Å². The van der Waals surface area contributed by atoms with Crippen molar-refractivity contribution < 1.29 is 9.90 Å². The van der Waals surface area contributed by atoms with Crippen molar-refractivity contribution in [2.45, 2.75) is 70.4 Å². The number of carboxylic acids is 1. The molecule has 2 aliphatic rings. The largest absolute Gasteiger partial charge is 0.481 e. The number of aliphatic carboxylic acids is 1. The molecule has 2 atom stereocenters. The first-order valence-corrected chi connectivity index (χ1v) is 8.37. The highest BCUT2D eigenvalue weighted by Gasteiger charge is 2.28. The predicted molar refractivity (Wildman–Crippen MR) is 80.9 cm³/mol. The maximum Gasteiger partial charge on any atom is 0.303 e. The van der Waals surface area contributed by atoms with Crippen molar-refractivity contribution in [2.24, 2.45) is 5.92 Å². The molecule has 2 unspecified atom stereocenters. The van der Waals surface area contributed by atoms with E-state index in [-0.39, 0.29) is 0 Å². The second kappa shape index (κ2) is 7.99. The summed E-state index contributed by atoms with van der Waals surface area (Å²) in [7, 11) is 0. The van der Waals surface area contributed by atoms with Crippen LogP contribution in [0.25, 0.3) is 0 Å². The van der Waals surface area contributed by atoms with Gasteiger partial charge in [0.05, 0.1) is 0 Å². The lowest BCUT2D eigenvalue weighted by Crippen LogP contribution is -2.52. The number of piperidine rings is 1. The molecule has 0 aromatic rings. The van der Waals surface area contributed by atoms with Crippen LogP contribution in [0.4, 0.5) is 0 Å². The van der Waals surface area contributed by atoms with E-state index in [4.69, 9.17) is 5.11 Å². The molecule has 2 rings (SSSR count). The molecule has 2 fully saturated rings. The summed E-state index contributed by atoms with van der Waals surface area (Å²) in [5.41, 5.74) is 0. The van der Waals surface area contributed by atoms with E-state index in [0.29, 0.717) is 24.4 Å². The Morgan fingerprint density at radius 3 is 2.60 bits per heavy atom. The molecule has 0 bridgehead atoms. The molecule has 0 aromatic heterocycles. The van der Waals surface area contributed by atoms with Gasteiger partial charge in [-0.2, -0.15) is 0 Å². The molecule has 2 N–H and O–H groups in total. The minimum absolute atomic E-state index is 0.318. The lowest BCUT2D eigenvalue weighted by atomic mass is 9.88. The maximum atomic E-state index is 10.8. The first kappa shape index (κ1) is 15.8. The Bertz CT molecular complexity index is 303. The highest BCUT2D eigenvalue weighted by Crippen LogP contribution is 2.24. The second-order valence-corrected chi connectivity index (χ2v) is 6.58. The molecule has 1 saturated carbocycles. The molecular weight excluding hydrogens is 252 g/mol. The van der Waals surface area contributed by atoms with E-state index in [0.717, 1.165) is 32.5 Å². The molecule has 0 spiro atoms. The first-order valence-electron chi connectivity index (χ1n) is 8.37. The molecule has 1 heterocycles. The Kier molecular flexibility index (Phi) is 6.30. The molecular formula is C16H30N2O2. The number of nitrogens with one attached hydrogen (secondary N) is 1. The minimum Gasteiger partial charge on any atom is -0.481 e. The molecule has 0 aromatic carbocycles. The summed E-state index contributed by atoms with van der Waals surface area (Å²) in [5, 5.41) is 12.7. The van der Waals surface area contributed by atoms with Gasteiger partial charge in [0.2, 0.25) is 0 Å². The number of hydrogen-bond donors (Lipinski definition) is 2. The van der Waals surface area contributed by atoms with Gasteiger partial charge in [0.1, 0.15) is 0 Å². The van der Waals surface area contributed by atoms with Crippen LogP contribution in [-0.4, -0.2) is 47.7 Å². The van der Waals surface area contributed by atoms with Crippen LogP contribution in [0, 0.1) is 5.92 Å². The van der Waals surface area contributed by atoms with Crippen LogP contribution in [-0.2, 0) is 4.79 Å².